The number of sulfonamides is 1. The summed E-state index contributed by atoms with van der Waals surface area (Å²) >= 11 is 9.19. The summed E-state index contributed by atoms with van der Waals surface area (Å²) < 4.78 is 33.9. The highest BCUT2D eigenvalue weighted by atomic mass is 79.9. The first-order valence-electron chi connectivity index (χ1n) is 9.29. The molecule has 0 spiro atoms. The highest BCUT2D eigenvalue weighted by Gasteiger charge is 2.15. The number of ether oxygens (including phenoxy) is 1. The van der Waals surface area contributed by atoms with Crippen LogP contribution in [0.15, 0.2) is 82.2 Å². The van der Waals surface area contributed by atoms with Crippen molar-refractivity contribution in [1.29, 1.82) is 0 Å². The van der Waals surface area contributed by atoms with E-state index in [1.54, 1.807) is 24.3 Å². The van der Waals surface area contributed by atoms with Gasteiger partial charge in [-0.25, -0.2) is 8.42 Å². The number of carbonyl (C=O) groups is 1. The van der Waals surface area contributed by atoms with Crippen molar-refractivity contribution >= 4 is 49.1 Å². The Hall–Kier alpha value is -2.55. The summed E-state index contributed by atoms with van der Waals surface area (Å²) in [5.41, 5.74) is 1.38. The lowest BCUT2D eigenvalue weighted by Gasteiger charge is -2.15. The largest absolute Gasteiger partial charge is 0.484 e. The van der Waals surface area contributed by atoms with Crippen LogP contribution in [0.25, 0.3) is 0 Å². The van der Waals surface area contributed by atoms with Crippen molar-refractivity contribution in [3.63, 3.8) is 0 Å². The van der Waals surface area contributed by atoms with Crippen molar-refractivity contribution in [2.45, 2.75) is 17.9 Å². The molecule has 162 valence electrons. The lowest BCUT2D eigenvalue weighted by molar-refractivity contribution is -0.123. The molecule has 0 aliphatic carbocycles. The molecule has 3 rings (SSSR count). The van der Waals surface area contributed by atoms with E-state index in [1.807, 2.05) is 31.2 Å². The molecule has 0 unspecified atom stereocenters. The van der Waals surface area contributed by atoms with E-state index in [4.69, 9.17) is 16.3 Å². The standard InChI is InChI=1S/C22H20BrClN2O4S/c1-15(16-2-4-17(23)5-3-16)25-22(27)14-30-20-10-12-21(13-11-20)31(28,29)26-19-8-6-18(24)7-9-19/h2-13,15,26H,14H2,1H3,(H,25,27)/t15-/m1/s1. The Labute approximate surface area is 194 Å². The number of halogens is 2. The second-order valence-electron chi connectivity index (χ2n) is 6.71. The van der Waals surface area contributed by atoms with Gasteiger partial charge >= 0.3 is 0 Å². The maximum absolute atomic E-state index is 12.5. The molecular weight excluding hydrogens is 504 g/mol. The average molecular weight is 524 g/mol. The molecule has 1 atom stereocenters. The van der Waals surface area contributed by atoms with Gasteiger partial charge in [0.05, 0.1) is 10.9 Å². The van der Waals surface area contributed by atoms with Crippen LogP contribution in [0.1, 0.15) is 18.5 Å². The van der Waals surface area contributed by atoms with Crippen molar-refractivity contribution in [3.8, 4) is 5.75 Å². The Morgan fingerprint density at radius 1 is 1.00 bits per heavy atom. The van der Waals surface area contributed by atoms with Gasteiger partial charge in [0.2, 0.25) is 0 Å². The number of nitrogens with one attached hydrogen (secondary N) is 2. The van der Waals surface area contributed by atoms with E-state index in [1.165, 1.54) is 24.3 Å². The maximum Gasteiger partial charge on any atom is 0.261 e. The number of carbonyl (C=O) groups excluding carboxylic acids is 1. The number of hydrogen-bond acceptors (Lipinski definition) is 4. The Morgan fingerprint density at radius 3 is 2.23 bits per heavy atom. The van der Waals surface area contributed by atoms with Crippen molar-refractivity contribution in [2.75, 3.05) is 11.3 Å². The van der Waals surface area contributed by atoms with Gasteiger partial charge in [-0.3, -0.25) is 9.52 Å². The molecule has 6 nitrogen and oxygen atoms in total. The summed E-state index contributed by atoms with van der Waals surface area (Å²) in [6, 6.07) is 19.7. The van der Waals surface area contributed by atoms with Crippen LogP contribution in [0.4, 0.5) is 5.69 Å². The summed E-state index contributed by atoms with van der Waals surface area (Å²) in [5.74, 6) is 0.105. The molecule has 0 aliphatic rings. The van der Waals surface area contributed by atoms with Gasteiger partial charge in [-0.2, -0.15) is 0 Å². The van der Waals surface area contributed by atoms with Gasteiger partial charge in [-0.15, -0.1) is 0 Å². The Kier molecular flexibility index (Phi) is 7.59. The van der Waals surface area contributed by atoms with E-state index < -0.39 is 10.0 Å². The number of benzene rings is 3. The molecule has 3 aromatic carbocycles. The van der Waals surface area contributed by atoms with Crippen LogP contribution in [0.2, 0.25) is 5.02 Å². The minimum Gasteiger partial charge on any atom is -0.484 e. The summed E-state index contributed by atoms with van der Waals surface area (Å²) in [5, 5.41) is 3.37. The molecule has 0 aliphatic heterocycles. The second-order valence-corrected chi connectivity index (χ2v) is 9.75. The van der Waals surface area contributed by atoms with E-state index in [0.717, 1.165) is 10.0 Å². The molecule has 0 saturated heterocycles. The van der Waals surface area contributed by atoms with Gasteiger partial charge in [0.1, 0.15) is 5.75 Å². The molecule has 9 heteroatoms. The molecule has 2 N–H and O–H groups in total. The predicted octanol–water partition coefficient (Wildman–Crippen LogP) is 5.16. The topological polar surface area (TPSA) is 84.5 Å². The van der Waals surface area contributed by atoms with Gasteiger partial charge in [-0.05, 0) is 73.2 Å². The summed E-state index contributed by atoms with van der Waals surface area (Å²) in [6.45, 7) is 1.70. The summed E-state index contributed by atoms with van der Waals surface area (Å²) in [7, 11) is -3.76. The third-order valence-electron chi connectivity index (χ3n) is 4.35. The van der Waals surface area contributed by atoms with Crippen molar-refractivity contribution in [1.82, 2.24) is 5.32 Å². The quantitative estimate of drug-likeness (QED) is 0.427. The van der Waals surface area contributed by atoms with E-state index in [0.29, 0.717) is 16.5 Å². The number of anilines is 1. The fourth-order valence-corrected chi connectivity index (χ4v) is 4.16. The minimum atomic E-state index is -3.76. The minimum absolute atomic E-state index is 0.0723. The highest BCUT2D eigenvalue weighted by Crippen LogP contribution is 2.21. The van der Waals surface area contributed by atoms with E-state index in [9.17, 15) is 13.2 Å². The maximum atomic E-state index is 12.5. The molecule has 31 heavy (non-hydrogen) atoms. The fraction of sp³-hybridized carbons (Fsp3) is 0.136. The third-order valence-corrected chi connectivity index (χ3v) is 6.53. The summed E-state index contributed by atoms with van der Waals surface area (Å²) in [4.78, 5) is 12.2. The van der Waals surface area contributed by atoms with E-state index in [-0.39, 0.29) is 23.5 Å². The van der Waals surface area contributed by atoms with Gasteiger partial charge in [0.15, 0.2) is 6.61 Å². The van der Waals surface area contributed by atoms with Crippen molar-refractivity contribution < 1.29 is 17.9 Å². The van der Waals surface area contributed by atoms with Crippen LogP contribution < -0.4 is 14.8 Å². The zero-order valence-corrected chi connectivity index (χ0v) is 19.7. The highest BCUT2D eigenvalue weighted by molar-refractivity contribution is 9.10. The van der Waals surface area contributed by atoms with Crippen LogP contribution in [0, 0.1) is 0 Å². The van der Waals surface area contributed by atoms with Crippen LogP contribution in [0.5, 0.6) is 5.75 Å². The first-order chi connectivity index (χ1) is 14.7. The van der Waals surface area contributed by atoms with E-state index in [2.05, 4.69) is 26.0 Å². The molecule has 0 aromatic heterocycles. The van der Waals surface area contributed by atoms with Crippen molar-refractivity contribution in [3.05, 3.63) is 87.9 Å². The van der Waals surface area contributed by atoms with E-state index >= 15 is 0 Å². The zero-order chi connectivity index (χ0) is 22.4. The lowest BCUT2D eigenvalue weighted by Crippen LogP contribution is -2.31. The molecular formula is C22H20BrClN2O4S. The molecule has 0 heterocycles. The summed E-state index contributed by atoms with van der Waals surface area (Å²) in [6.07, 6.45) is 0. The normalized spacial score (nSPS) is 12.1. The predicted molar refractivity (Wildman–Crippen MR) is 125 cm³/mol. The molecule has 0 fully saturated rings. The average Bonchev–Trinajstić information content (AvgIpc) is 2.74. The van der Waals surface area contributed by atoms with Crippen LogP contribution >= 0.6 is 27.5 Å². The second kappa shape index (κ2) is 10.2. The number of amides is 1. The first kappa shape index (κ1) is 23.1. The van der Waals surface area contributed by atoms with Crippen molar-refractivity contribution in [2.24, 2.45) is 0 Å². The molecule has 3 aromatic rings. The molecule has 0 radical (unpaired) electrons. The molecule has 1 amide bonds. The van der Waals surface area contributed by atoms with Crippen LogP contribution in [-0.2, 0) is 14.8 Å². The Bertz CT molecular complexity index is 1140. The van der Waals surface area contributed by atoms with Gasteiger partial charge in [0.25, 0.3) is 15.9 Å². The fourth-order valence-electron chi connectivity index (χ4n) is 2.71. The number of hydrogen-bond donors (Lipinski definition) is 2. The zero-order valence-electron chi connectivity index (χ0n) is 16.5. The molecule has 0 saturated carbocycles. The Morgan fingerprint density at radius 2 is 1.61 bits per heavy atom. The van der Waals surface area contributed by atoms with Gasteiger partial charge in [-0.1, -0.05) is 39.7 Å². The monoisotopic (exact) mass is 522 g/mol. The lowest BCUT2D eigenvalue weighted by atomic mass is 10.1. The smallest absolute Gasteiger partial charge is 0.261 e. The first-order valence-corrected chi connectivity index (χ1v) is 11.9. The van der Waals surface area contributed by atoms with Crippen LogP contribution in [-0.4, -0.2) is 20.9 Å². The number of rotatable bonds is 8. The SMILES string of the molecule is C[C@@H](NC(=O)COc1ccc(S(=O)(=O)Nc2ccc(Cl)cc2)cc1)c1ccc(Br)cc1. The van der Waals surface area contributed by atoms with Crippen LogP contribution in [0.3, 0.4) is 0 Å². The van der Waals surface area contributed by atoms with Gasteiger partial charge in [0, 0.05) is 15.2 Å². The third kappa shape index (κ3) is 6.72. The van der Waals surface area contributed by atoms with Gasteiger partial charge < -0.3 is 10.1 Å². The Balaban J connectivity index is 1.54. The molecule has 0 bridgehead atoms.